The molecule has 4 heterocycles. The number of aromatic nitrogens is 4. The van der Waals surface area contributed by atoms with E-state index in [1.807, 2.05) is 24.0 Å². The highest BCUT2D eigenvalue weighted by atomic mass is 32.1. The van der Waals surface area contributed by atoms with Gasteiger partial charge in [0.2, 0.25) is 5.95 Å². The molecule has 182 valence electrons. The average Bonchev–Trinajstić information content (AvgIpc) is 3.52. The lowest BCUT2D eigenvalue weighted by Gasteiger charge is -2.42. The minimum atomic E-state index is -1.47. The van der Waals surface area contributed by atoms with Gasteiger partial charge in [0.05, 0.1) is 4.88 Å². The van der Waals surface area contributed by atoms with Crippen LogP contribution in [0.15, 0.2) is 23.0 Å². The Balaban J connectivity index is 1.30. The Labute approximate surface area is 202 Å². The van der Waals surface area contributed by atoms with Crippen LogP contribution < -0.4 is 16.2 Å². The van der Waals surface area contributed by atoms with E-state index in [-0.39, 0.29) is 11.1 Å². The molecule has 0 saturated carbocycles. The summed E-state index contributed by atoms with van der Waals surface area (Å²) in [5.74, 6) is -3.34. The normalized spacial score (nSPS) is 19.1. The molecule has 1 aromatic carbocycles. The van der Waals surface area contributed by atoms with Crippen LogP contribution in [0.4, 0.5) is 19.1 Å². The first-order valence-corrected chi connectivity index (χ1v) is 12.2. The van der Waals surface area contributed by atoms with Crippen LogP contribution in [-0.4, -0.2) is 32.8 Å². The van der Waals surface area contributed by atoms with Gasteiger partial charge < -0.3 is 10.6 Å². The van der Waals surface area contributed by atoms with E-state index in [1.165, 1.54) is 4.57 Å². The molecule has 0 bridgehead atoms. The Morgan fingerprint density at radius 2 is 1.94 bits per heavy atom. The topological polar surface area (TPSA) is 92.8 Å². The molecule has 1 fully saturated rings. The van der Waals surface area contributed by atoms with Crippen molar-refractivity contribution in [1.29, 1.82) is 0 Å². The first-order chi connectivity index (χ1) is 16.7. The van der Waals surface area contributed by atoms with E-state index in [9.17, 15) is 18.0 Å². The molecule has 1 spiro atoms. The molecule has 1 saturated heterocycles. The Morgan fingerprint density at radius 3 is 2.63 bits per heavy atom. The number of benzene rings is 1. The van der Waals surface area contributed by atoms with Crippen LogP contribution in [0.2, 0.25) is 0 Å². The van der Waals surface area contributed by atoms with Gasteiger partial charge in [-0.1, -0.05) is 0 Å². The number of H-pyrrole nitrogens is 1. The van der Waals surface area contributed by atoms with E-state index in [0.29, 0.717) is 60.6 Å². The maximum Gasteiger partial charge on any atom is 0.266 e. The maximum absolute atomic E-state index is 14.5. The number of aromatic amines is 1. The minimum absolute atomic E-state index is 0.0816. The molecule has 1 aliphatic heterocycles. The number of thiophene rings is 1. The Hall–Kier alpha value is -3.18. The number of piperidine rings is 1. The number of nitrogens with two attached hydrogens (primary N) is 1. The van der Waals surface area contributed by atoms with Crippen molar-refractivity contribution in [2.24, 2.45) is 18.2 Å². The van der Waals surface area contributed by atoms with Crippen molar-refractivity contribution in [3.63, 3.8) is 0 Å². The zero-order valence-corrected chi connectivity index (χ0v) is 20.0. The van der Waals surface area contributed by atoms with Crippen LogP contribution in [0.1, 0.15) is 34.9 Å². The van der Waals surface area contributed by atoms with E-state index in [1.54, 1.807) is 18.4 Å². The third-order valence-corrected chi connectivity index (χ3v) is 8.60. The first kappa shape index (κ1) is 22.3. The second kappa shape index (κ2) is 7.66. The minimum Gasteiger partial charge on any atom is -0.342 e. The lowest BCUT2D eigenvalue weighted by molar-refractivity contribution is 0.184. The maximum atomic E-state index is 14.5. The third kappa shape index (κ3) is 3.17. The summed E-state index contributed by atoms with van der Waals surface area (Å²) in [5, 5.41) is 7.70. The summed E-state index contributed by atoms with van der Waals surface area (Å²) < 4.78 is 43.7. The van der Waals surface area contributed by atoms with E-state index >= 15 is 0 Å². The highest BCUT2D eigenvalue weighted by Gasteiger charge is 2.48. The van der Waals surface area contributed by atoms with E-state index in [2.05, 4.69) is 10.2 Å². The summed E-state index contributed by atoms with van der Waals surface area (Å²) in [6.07, 6.45) is 1.53. The number of halogens is 3. The van der Waals surface area contributed by atoms with Crippen molar-refractivity contribution in [2.45, 2.75) is 32.2 Å². The number of aryl methyl sites for hydroxylation is 1. The van der Waals surface area contributed by atoms with Crippen molar-refractivity contribution in [1.82, 2.24) is 19.7 Å². The van der Waals surface area contributed by atoms with Crippen molar-refractivity contribution in [3.05, 3.63) is 62.0 Å². The smallest absolute Gasteiger partial charge is 0.266 e. The molecule has 3 N–H and O–H groups in total. The van der Waals surface area contributed by atoms with Gasteiger partial charge in [-0.15, -0.1) is 11.3 Å². The summed E-state index contributed by atoms with van der Waals surface area (Å²) in [6, 6.07) is 4.27. The van der Waals surface area contributed by atoms with Gasteiger partial charge in [-0.3, -0.25) is 14.5 Å². The summed E-state index contributed by atoms with van der Waals surface area (Å²) in [7, 11) is 1.68. The van der Waals surface area contributed by atoms with Crippen LogP contribution in [0.25, 0.3) is 21.6 Å². The van der Waals surface area contributed by atoms with Gasteiger partial charge >= 0.3 is 0 Å². The predicted octanol–water partition coefficient (Wildman–Crippen LogP) is 3.95. The largest absolute Gasteiger partial charge is 0.342 e. The molecule has 1 aliphatic carbocycles. The molecule has 4 aromatic rings. The quantitative estimate of drug-likeness (QED) is 0.407. The van der Waals surface area contributed by atoms with E-state index in [4.69, 9.17) is 10.7 Å². The second-order valence-corrected chi connectivity index (χ2v) is 10.8. The van der Waals surface area contributed by atoms with E-state index in [0.717, 1.165) is 15.8 Å². The molecule has 11 heteroatoms. The standard InChI is InChI=1S/C24H23F3N6OS/c1-11-3-4-14(35-11)19-16-21(31-30-19)29-23(32(2)22(16)34)33-7-5-24(6-8-33)10-12-9-13(25)17(26)18(27)15(12)20(24)28/h3-4,9,20H,5-8,10,28H2,1-2H3,(H,30,31)/t20-/m1/s1. The van der Waals surface area contributed by atoms with Gasteiger partial charge in [0.15, 0.2) is 23.1 Å². The molecule has 1 atom stereocenters. The summed E-state index contributed by atoms with van der Waals surface area (Å²) in [5.41, 5.74) is 7.25. The van der Waals surface area contributed by atoms with E-state index < -0.39 is 28.9 Å². The average molecular weight is 501 g/mol. The number of hydrogen-bond donors (Lipinski definition) is 2. The first-order valence-electron chi connectivity index (χ1n) is 11.4. The number of anilines is 1. The lowest BCUT2D eigenvalue weighted by Crippen LogP contribution is -2.46. The number of nitrogens with one attached hydrogen (secondary N) is 1. The summed E-state index contributed by atoms with van der Waals surface area (Å²) in [6.45, 7) is 3.03. The lowest BCUT2D eigenvalue weighted by atomic mass is 9.73. The summed E-state index contributed by atoms with van der Waals surface area (Å²) >= 11 is 1.56. The van der Waals surface area contributed by atoms with Gasteiger partial charge in [-0.25, -0.2) is 13.2 Å². The zero-order chi connectivity index (χ0) is 24.6. The van der Waals surface area contributed by atoms with Crippen LogP contribution in [0, 0.1) is 29.8 Å². The van der Waals surface area contributed by atoms with Gasteiger partial charge in [0, 0.05) is 36.6 Å². The fourth-order valence-corrected chi connectivity index (χ4v) is 6.51. The SMILES string of the molecule is Cc1ccc(-c2n[nH]c3nc(N4CCC5(CC4)Cc4cc(F)c(F)c(F)c4[C@H]5N)n(C)c(=O)c23)s1. The molecule has 6 rings (SSSR count). The molecule has 7 nitrogen and oxygen atoms in total. The number of nitrogens with zero attached hydrogens (tertiary/aromatic N) is 4. The fourth-order valence-electron chi connectivity index (χ4n) is 5.65. The molecule has 35 heavy (non-hydrogen) atoms. The molecular formula is C24H23F3N6OS. The van der Waals surface area contributed by atoms with Crippen molar-refractivity contribution < 1.29 is 13.2 Å². The Morgan fingerprint density at radius 1 is 1.20 bits per heavy atom. The van der Waals surface area contributed by atoms with Crippen LogP contribution in [0.3, 0.4) is 0 Å². The van der Waals surface area contributed by atoms with Gasteiger partial charge in [-0.2, -0.15) is 10.1 Å². The van der Waals surface area contributed by atoms with Crippen molar-refractivity contribution >= 4 is 28.3 Å². The molecular weight excluding hydrogens is 477 g/mol. The molecule has 0 radical (unpaired) electrons. The van der Waals surface area contributed by atoms with Gasteiger partial charge in [-0.05, 0) is 55.4 Å². The summed E-state index contributed by atoms with van der Waals surface area (Å²) in [4.78, 5) is 22.0. The number of fused-ring (bicyclic) bond motifs is 2. The monoisotopic (exact) mass is 500 g/mol. The third-order valence-electron chi connectivity index (χ3n) is 7.59. The predicted molar refractivity (Wildman–Crippen MR) is 128 cm³/mol. The molecule has 0 unspecified atom stereocenters. The van der Waals surface area contributed by atoms with Crippen LogP contribution in [0.5, 0.6) is 0 Å². The van der Waals surface area contributed by atoms with Gasteiger partial charge in [0.1, 0.15) is 11.1 Å². The highest BCUT2D eigenvalue weighted by Crippen LogP contribution is 2.52. The molecule has 0 amide bonds. The van der Waals surface area contributed by atoms with Crippen molar-refractivity contribution in [2.75, 3.05) is 18.0 Å². The van der Waals surface area contributed by atoms with Crippen LogP contribution in [-0.2, 0) is 13.5 Å². The Bertz CT molecular complexity index is 1550. The second-order valence-electron chi connectivity index (χ2n) is 9.55. The van der Waals surface area contributed by atoms with Gasteiger partial charge in [0.25, 0.3) is 5.56 Å². The molecule has 2 aliphatic rings. The molecule has 3 aromatic heterocycles. The fraction of sp³-hybridized carbons (Fsp3) is 0.375. The zero-order valence-electron chi connectivity index (χ0n) is 19.2. The Kier molecular flexibility index (Phi) is 4.88. The number of hydrogen-bond acceptors (Lipinski definition) is 6. The number of rotatable bonds is 2. The van der Waals surface area contributed by atoms with Crippen LogP contribution >= 0.6 is 11.3 Å². The highest BCUT2D eigenvalue weighted by molar-refractivity contribution is 7.15. The van der Waals surface area contributed by atoms with Crippen molar-refractivity contribution in [3.8, 4) is 10.6 Å².